The van der Waals surface area contributed by atoms with Gasteiger partial charge in [-0.1, -0.05) is 5.16 Å². The van der Waals surface area contributed by atoms with Gasteiger partial charge in [-0.25, -0.2) is 4.98 Å². The van der Waals surface area contributed by atoms with Crippen molar-refractivity contribution in [3.8, 4) is 11.6 Å². The average Bonchev–Trinajstić information content (AvgIpc) is 3.51. The van der Waals surface area contributed by atoms with Crippen molar-refractivity contribution in [2.24, 2.45) is 0 Å². The highest BCUT2D eigenvalue weighted by Crippen LogP contribution is 2.25. The molecule has 0 aliphatic carbocycles. The molecule has 10 nitrogen and oxygen atoms in total. The molecular weight excluding hydrogens is 384 g/mol. The van der Waals surface area contributed by atoms with Crippen LogP contribution in [0.1, 0.15) is 24.3 Å². The minimum atomic E-state index is 0.0887. The summed E-state index contributed by atoms with van der Waals surface area (Å²) in [6.07, 6.45) is 4.52. The molecule has 1 aliphatic heterocycles. The molecular formula is C20H24N8O2. The van der Waals surface area contributed by atoms with Crippen molar-refractivity contribution in [3.63, 3.8) is 0 Å². The van der Waals surface area contributed by atoms with Crippen molar-refractivity contribution in [3.05, 3.63) is 42.0 Å². The number of nitrogens with two attached hydrogens (primary N) is 1. The van der Waals surface area contributed by atoms with E-state index in [4.69, 9.17) is 14.7 Å². The second-order valence-electron chi connectivity index (χ2n) is 7.68. The Bertz CT molecular complexity index is 1140. The lowest BCUT2D eigenvalue weighted by Gasteiger charge is -2.33. The maximum atomic E-state index is 6.11. The lowest BCUT2D eigenvalue weighted by Crippen LogP contribution is -2.48. The number of nitrogens with one attached hydrogen (secondary N) is 1. The molecule has 4 aromatic heterocycles. The molecule has 0 amide bonds. The first kappa shape index (κ1) is 18.6. The van der Waals surface area contributed by atoms with Crippen molar-refractivity contribution < 1.29 is 8.94 Å². The van der Waals surface area contributed by atoms with E-state index in [1.165, 1.54) is 0 Å². The minimum absolute atomic E-state index is 0.0887. The molecule has 5 rings (SSSR count). The molecule has 2 unspecified atom stereocenters. The summed E-state index contributed by atoms with van der Waals surface area (Å²) in [4.78, 5) is 11.3. The predicted octanol–water partition coefficient (Wildman–Crippen LogP) is 2.06. The van der Waals surface area contributed by atoms with Crippen LogP contribution in [0, 0.1) is 6.92 Å². The lowest BCUT2D eigenvalue weighted by molar-refractivity contribution is 0.381. The van der Waals surface area contributed by atoms with Gasteiger partial charge >= 0.3 is 0 Å². The zero-order chi connectivity index (χ0) is 20.7. The third-order valence-electron chi connectivity index (χ3n) is 5.54. The average molecular weight is 408 g/mol. The van der Waals surface area contributed by atoms with E-state index in [1.54, 1.807) is 16.8 Å². The van der Waals surface area contributed by atoms with Gasteiger partial charge in [0.05, 0.1) is 18.0 Å². The number of hydrogen-bond donors (Lipinski definition) is 2. The van der Waals surface area contributed by atoms with E-state index >= 15 is 0 Å². The van der Waals surface area contributed by atoms with Crippen LogP contribution in [0.3, 0.4) is 0 Å². The quantitative estimate of drug-likeness (QED) is 0.493. The van der Waals surface area contributed by atoms with E-state index in [1.807, 2.05) is 32.2 Å². The molecule has 1 aliphatic rings. The van der Waals surface area contributed by atoms with Crippen LogP contribution < -0.4 is 16.0 Å². The van der Waals surface area contributed by atoms with Gasteiger partial charge < -0.3 is 24.9 Å². The monoisotopic (exact) mass is 408 g/mol. The number of aromatic nitrogens is 5. The van der Waals surface area contributed by atoms with Crippen LogP contribution in [0.4, 0.5) is 11.8 Å². The predicted molar refractivity (Wildman–Crippen MR) is 111 cm³/mol. The summed E-state index contributed by atoms with van der Waals surface area (Å²) in [7, 11) is 2.01. The number of hydrogen-bond acceptors (Lipinski definition) is 9. The fraction of sp³-hybridized carbons (Fsp3) is 0.400. The molecule has 30 heavy (non-hydrogen) atoms. The fourth-order valence-corrected chi connectivity index (χ4v) is 4.10. The lowest BCUT2D eigenvalue weighted by atomic mass is 10.00. The van der Waals surface area contributed by atoms with Crippen molar-refractivity contribution in [1.29, 1.82) is 0 Å². The van der Waals surface area contributed by atoms with Crippen molar-refractivity contribution in [1.82, 2.24) is 30.1 Å². The molecule has 0 aromatic carbocycles. The molecule has 0 bridgehead atoms. The Morgan fingerprint density at radius 1 is 1.37 bits per heavy atom. The van der Waals surface area contributed by atoms with E-state index in [-0.39, 0.29) is 6.04 Å². The van der Waals surface area contributed by atoms with Gasteiger partial charge in [0.2, 0.25) is 11.8 Å². The van der Waals surface area contributed by atoms with Crippen molar-refractivity contribution >= 4 is 17.4 Å². The molecule has 1 saturated heterocycles. The van der Waals surface area contributed by atoms with Crippen LogP contribution in [0.25, 0.3) is 17.2 Å². The normalized spacial score (nSPS) is 17.6. The number of nitrogen functional groups attached to an aromatic ring is 1. The van der Waals surface area contributed by atoms with Crippen molar-refractivity contribution in [2.75, 3.05) is 24.2 Å². The Kier molecular flexibility index (Phi) is 4.62. The van der Waals surface area contributed by atoms with Gasteiger partial charge in [-0.3, -0.25) is 0 Å². The van der Waals surface area contributed by atoms with Gasteiger partial charge in [0.25, 0.3) is 0 Å². The second kappa shape index (κ2) is 7.45. The third-order valence-corrected chi connectivity index (χ3v) is 5.54. The summed E-state index contributed by atoms with van der Waals surface area (Å²) in [5, 5.41) is 12.4. The fourth-order valence-electron chi connectivity index (χ4n) is 4.10. The largest absolute Gasteiger partial charge is 0.461 e. The summed E-state index contributed by atoms with van der Waals surface area (Å²) < 4.78 is 12.5. The Balaban J connectivity index is 1.55. The summed E-state index contributed by atoms with van der Waals surface area (Å²) >= 11 is 0. The Labute approximate surface area is 173 Å². The van der Waals surface area contributed by atoms with Crippen LogP contribution in [-0.4, -0.2) is 50.4 Å². The smallest absolute Gasteiger partial charge is 0.230 e. The Morgan fingerprint density at radius 2 is 2.27 bits per heavy atom. The number of anilines is 2. The molecule has 0 spiro atoms. The summed E-state index contributed by atoms with van der Waals surface area (Å²) in [5.41, 5.74) is 7.64. The standard InChI is InChI=1S/C20H24N8O2/c1-12-9-13(26-30-12)10-15(14-5-3-7-22-14)27(2)20-23-17(21)11-18-24-19(25-28(18)20)16-6-4-8-29-16/h4,6,8-9,11,14-15,22H,3,5,7,10,21H2,1-2H3. The minimum Gasteiger partial charge on any atom is -0.461 e. The number of furan rings is 1. The first-order valence-electron chi connectivity index (χ1n) is 10.0. The molecule has 5 heterocycles. The summed E-state index contributed by atoms with van der Waals surface area (Å²) in [6, 6.07) is 7.70. The van der Waals surface area contributed by atoms with Crippen LogP contribution in [0.2, 0.25) is 0 Å². The Hall–Kier alpha value is -3.40. The number of aryl methyl sites for hydroxylation is 1. The van der Waals surface area contributed by atoms with Crippen LogP contribution in [0.5, 0.6) is 0 Å². The molecule has 0 saturated carbocycles. The maximum absolute atomic E-state index is 6.11. The molecule has 10 heteroatoms. The zero-order valence-electron chi connectivity index (χ0n) is 16.9. The van der Waals surface area contributed by atoms with Gasteiger partial charge in [0.1, 0.15) is 11.6 Å². The summed E-state index contributed by atoms with van der Waals surface area (Å²) in [5.74, 6) is 2.89. The molecule has 3 N–H and O–H groups in total. The first-order valence-corrected chi connectivity index (χ1v) is 10.0. The zero-order valence-corrected chi connectivity index (χ0v) is 16.9. The molecule has 156 valence electrons. The highest BCUT2D eigenvalue weighted by atomic mass is 16.5. The molecule has 4 aromatic rings. The first-order chi connectivity index (χ1) is 14.6. The van der Waals surface area contributed by atoms with E-state index in [9.17, 15) is 0 Å². The van der Waals surface area contributed by atoms with Gasteiger partial charge in [-0.15, -0.1) is 5.10 Å². The Morgan fingerprint density at radius 3 is 2.97 bits per heavy atom. The van der Waals surface area contributed by atoms with E-state index < -0.39 is 0 Å². The number of rotatable bonds is 6. The van der Waals surface area contributed by atoms with Crippen LogP contribution >= 0.6 is 0 Å². The van der Waals surface area contributed by atoms with Crippen molar-refractivity contribution in [2.45, 2.75) is 38.3 Å². The third kappa shape index (κ3) is 3.39. The van der Waals surface area contributed by atoms with E-state index in [2.05, 4.69) is 30.4 Å². The SMILES string of the molecule is Cc1cc(CC(C2CCCN2)N(C)c2nc(N)cc3nc(-c4ccco4)nn23)no1. The van der Waals surface area contributed by atoms with E-state index in [0.717, 1.165) is 30.8 Å². The van der Waals surface area contributed by atoms with Gasteiger partial charge in [-0.2, -0.15) is 9.50 Å². The number of fused-ring (bicyclic) bond motifs is 1. The highest BCUT2D eigenvalue weighted by molar-refractivity contribution is 5.59. The summed E-state index contributed by atoms with van der Waals surface area (Å²) in [6.45, 7) is 2.90. The second-order valence-corrected chi connectivity index (χ2v) is 7.68. The van der Waals surface area contributed by atoms with Crippen LogP contribution in [0.15, 0.2) is 39.5 Å². The molecule has 1 fully saturated rings. The topological polar surface area (TPSA) is 124 Å². The van der Waals surface area contributed by atoms with Gasteiger partial charge in [0, 0.05) is 31.6 Å². The van der Waals surface area contributed by atoms with Gasteiger partial charge in [0.15, 0.2) is 11.4 Å². The van der Waals surface area contributed by atoms with Crippen LogP contribution in [-0.2, 0) is 6.42 Å². The van der Waals surface area contributed by atoms with Gasteiger partial charge in [-0.05, 0) is 38.4 Å². The molecule has 2 atom stereocenters. The highest BCUT2D eigenvalue weighted by Gasteiger charge is 2.31. The molecule has 0 radical (unpaired) electrons. The number of nitrogens with zero attached hydrogens (tertiary/aromatic N) is 6. The van der Waals surface area contributed by atoms with E-state index in [0.29, 0.717) is 41.5 Å². The maximum Gasteiger partial charge on any atom is 0.230 e. The number of likely N-dealkylation sites (N-methyl/N-ethyl adjacent to an activating group) is 1.